The number of hydrogen-bond donors (Lipinski definition) is 0. The Hall–Kier alpha value is -6.23. The topological polar surface area (TPSA) is 52.6 Å². The first kappa shape index (κ1) is 40.4. The molecule has 0 heterocycles. The van der Waals surface area contributed by atoms with Crippen molar-refractivity contribution < 1.29 is 49.8 Å². The van der Waals surface area contributed by atoms with E-state index in [-0.39, 0.29) is 41.0 Å². The van der Waals surface area contributed by atoms with E-state index in [1.807, 2.05) is 19.1 Å². The maximum Gasteiger partial charge on any atom is 0.411 e. The van der Waals surface area contributed by atoms with Gasteiger partial charge in [0.15, 0.2) is 11.6 Å². The van der Waals surface area contributed by atoms with Gasteiger partial charge in [0.1, 0.15) is 30.0 Å². The summed E-state index contributed by atoms with van der Waals surface area (Å²) in [4.78, 5) is 25.7. The van der Waals surface area contributed by atoms with Crippen molar-refractivity contribution in [2.45, 2.75) is 50.8 Å². The molecule has 0 saturated heterocycles. The monoisotopic (exact) mass is 784 g/mol. The Morgan fingerprint density at radius 3 is 1.32 bits per heavy atom. The van der Waals surface area contributed by atoms with Crippen LogP contribution >= 0.6 is 0 Å². The molecule has 11 heteroatoms. The van der Waals surface area contributed by atoms with Crippen molar-refractivity contribution in [1.29, 1.82) is 0 Å². The largest absolute Gasteiger partial charge is 0.489 e. The third kappa shape index (κ3) is 8.62. The number of carbonyl (C=O) groups excluding carboxylic acids is 2. The number of aryl methyl sites for hydroxylation is 1. The van der Waals surface area contributed by atoms with Crippen LogP contribution in [0.15, 0.2) is 146 Å². The Kier molecular flexibility index (Phi) is 11.7. The number of halogens is 7. The number of alkyl halides is 7. The molecule has 0 spiro atoms. The lowest BCUT2D eigenvalue weighted by atomic mass is 9.73. The molecule has 0 aliphatic carbocycles. The molecule has 292 valence electrons. The predicted molar refractivity (Wildman–Crippen MR) is 202 cm³/mol. The lowest BCUT2D eigenvalue weighted by molar-refractivity contribution is -0.288. The zero-order valence-electron chi connectivity index (χ0n) is 30.6. The van der Waals surface area contributed by atoms with Crippen molar-refractivity contribution >= 4 is 11.6 Å². The van der Waals surface area contributed by atoms with Crippen molar-refractivity contribution in [3.05, 3.63) is 196 Å². The number of carbonyl (C=O) groups is 2. The van der Waals surface area contributed by atoms with E-state index in [1.165, 1.54) is 36.4 Å². The zero-order chi connectivity index (χ0) is 41.0. The average Bonchev–Trinajstić information content (AvgIpc) is 3.20. The van der Waals surface area contributed by atoms with Crippen LogP contribution in [0.2, 0.25) is 0 Å². The smallest absolute Gasteiger partial charge is 0.411 e. The molecule has 6 aromatic rings. The van der Waals surface area contributed by atoms with E-state index in [2.05, 4.69) is 0 Å². The van der Waals surface area contributed by atoms with E-state index in [9.17, 15) is 40.3 Å². The molecule has 0 N–H and O–H groups in total. The molecule has 0 aromatic heterocycles. The summed E-state index contributed by atoms with van der Waals surface area (Å²) < 4.78 is 114. The summed E-state index contributed by atoms with van der Waals surface area (Å²) in [6.07, 6.45) is -12.5. The average molecular weight is 785 g/mol. The van der Waals surface area contributed by atoms with Crippen LogP contribution in [-0.2, 0) is 12.0 Å². The maximum atomic E-state index is 14.8. The number of hydrogen-bond acceptors (Lipinski definition) is 4. The summed E-state index contributed by atoms with van der Waals surface area (Å²) >= 11 is 0. The number of rotatable bonds is 13. The van der Waals surface area contributed by atoms with Crippen molar-refractivity contribution in [3.8, 4) is 17.2 Å². The summed E-state index contributed by atoms with van der Waals surface area (Å²) in [6.45, 7) is 3.56. The van der Waals surface area contributed by atoms with Gasteiger partial charge in [-0.3, -0.25) is 9.59 Å². The molecule has 0 radical (unpaired) electrons. The Bertz CT molecular complexity index is 2280. The second-order valence-corrected chi connectivity index (χ2v) is 13.4. The van der Waals surface area contributed by atoms with Gasteiger partial charge in [0, 0.05) is 22.3 Å². The first-order chi connectivity index (χ1) is 27.1. The second kappa shape index (κ2) is 16.5. The molecule has 0 aliphatic rings. The van der Waals surface area contributed by atoms with E-state index in [0.717, 1.165) is 54.1 Å². The highest BCUT2D eigenvalue weighted by Crippen LogP contribution is 2.56. The van der Waals surface area contributed by atoms with Crippen LogP contribution < -0.4 is 9.47 Å². The quantitative estimate of drug-likeness (QED) is 0.0864. The Morgan fingerprint density at radius 2 is 0.895 bits per heavy atom. The van der Waals surface area contributed by atoms with Crippen molar-refractivity contribution in [1.82, 2.24) is 0 Å². The van der Waals surface area contributed by atoms with Gasteiger partial charge in [0.05, 0.1) is 0 Å². The molecule has 6 aromatic carbocycles. The lowest BCUT2D eigenvalue weighted by Gasteiger charge is -2.38. The molecule has 0 bridgehead atoms. The molecular weight excluding hydrogens is 749 g/mol. The number of benzene rings is 6. The fourth-order valence-electron chi connectivity index (χ4n) is 6.40. The van der Waals surface area contributed by atoms with Crippen LogP contribution in [0, 0.1) is 6.92 Å². The second-order valence-electron chi connectivity index (χ2n) is 13.4. The third-order valence-electron chi connectivity index (χ3n) is 9.61. The van der Waals surface area contributed by atoms with Crippen molar-refractivity contribution in [2.24, 2.45) is 0 Å². The van der Waals surface area contributed by atoms with Crippen LogP contribution in [-0.4, -0.2) is 23.9 Å². The molecule has 0 saturated carbocycles. The van der Waals surface area contributed by atoms with E-state index in [1.54, 1.807) is 55.5 Å². The predicted octanol–water partition coefficient (Wildman–Crippen LogP) is 12.7. The molecule has 1 atom stereocenters. The van der Waals surface area contributed by atoms with Crippen LogP contribution in [0.1, 0.15) is 79.2 Å². The summed E-state index contributed by atoms with van der Waals surface area (Å²) in [7, 11) is 0. The van der Waals surface area contributed by atoms with Gasteiger partial charge in [-0.2, -0.15) is 26.3 Å². The molecule has 57 heavy (non-hydrogen) atoms. The normalized spacial score (nSPS) is 12.5. The van der Waals surface area contributed by atoms with Crippen molar-refractivity contribution in [3.63, 3.8) is 0 Å². The van der Waals surface area contributed by atoms with E-state index in [4.69, 9.17) is 9.47 Å². The van der Waals surface area contributed by atoms with Gasteiger partial charge in [0.2, 0.25) is 5.41 Å². The Balaban J connectivity index is 1.15. The highest BCUT2D eigenvalue weighted by Gasteiger charge is 2.72. The minimum absolute atomic E-state index is 0.0353. The van der Waals surface area contributed by atoms with E-state index in [0.29, 0.717) is 34.2 Å². The first-order valence-corrected chi connectivity index (χ1v) is 17.8. The van der Waals surface area contributed by atoms with Gasteiger partial charge >= 0.3 is 12.4 Å². The van der Waals surface area contributed by atoms with Gasteiger partial charge < -0.3 is 9.47 Å². The maximum absolute atomic E-state index is 14.8. The van der Waals surface area contributed by atoms with Crippen LogP contribution in [0.4, 0.5) is 30.7 Å². The third-order valence-corrected chi connectivity index (χ3v) is 9.61. The molecule has 0 amide bonds. The molecule has 6 rings (SSSR count). The highest BCUT2D eigenvalue weighted by molar-refractivity contribution is 6.09. The molecule has 1 unspecified atom stereocenters. The lowest BCUT2D eigenvalue weighted by Crippen LogP contribution is -2.54. The fraction of sp³-hybridized carbons (Fsp3) is 0.174. The van der Waals surface area contributed by atoms with E-state index < -0.39 is 35.1 Å². The minimum Gasteiger partial charge on any atom is -0.489 e. The standard InChI is InChI=1S/C46H35F7O4/c1-3-41(47)31-12-14-34(15-13-31)43(55)35-16-22-39(23-17-35)57-40-26-20-37(21-27-40)44(45(48,49)50,46(51,52)53)36-18-24-38(25-19-36)56-28-30-6-10-33(11-7-30)42(54)32-8-4-29(2)5-9-32/h4-27,41H,3,28H2,1-2H3. The van der Waals surface area contributed by atoms with Crippen LogP contribution in [0.5, 0.6) is 17.2 Å². The molecule has 0 fully saturated rings. The SMILES string of the molecule is CCC(F)c1ccc(C(=O)c2ccc(Oc3ccc(C(c4ccc(OCc5ccc(C(=O)c6ccc(C)cc6)cc5)cc4)(C(F)(F)F)C(F)(F)F)cc3)cc2)cc1. The van der Waals surface area contributed by atoms with Crippen molar-refractivity contribution in [2.75, 3.05) is 0 Å². The summed E-state index contributed by atoms with van der Waals surface area (Å²) in [5.41, 5.74) is -2.86. The van der Waals surface area contributed by atoms with Crippen LogP contribution in [0.25, 0.3) is 0 Å². The Morgan fingerprint density at radius 1 is 0.526 bits per heavy atom. The van der Waals surface area contributed by atoms with E-state index >= 15 is 0 Å². The highest BCUT2D eigenvalue weighted by atomic mass is 19.4. The minimum atomic E-state index is -5.81. The summed E-state index contributed by atoms with van der Waals surface area (Å²) in [6, 6.07) is 32.6. The number of ether oxygens (including phenoxy) is 2. The fourth-order valence-corrected chi connectivity index (χ4v) is 6.40. The molecular formula is C46H35F7O4. The molecule has 0 aliphatic heterocycles. The van der Waals surface area contributed by atoms with Gasteiger partial charge in [-0.25, -0.2) is 4.39 Å². The summed E-state index contributed by atoms with van der Waals surface area (Å²) in [5.74, 6) is -0.341. The van der Waals surface area contributed by atoms with Gasteiger partial charge in [-0.15, -0.1) is 0 Å². The zero-order valence-corrected chi connectivity index (χ0v) is 30.6. The van der Waals surface area contributed by atoms with Gasteiger partial charge in [0.25, 0.3) is 0 Å². The molecule has 4 nitrogen and oxygen atoms in total. The van der Waals surface area contributed by atoms with Gasteiger partial charge in [-0.05, 0) is 84.1 Å². The van der Waals surface area contributed by atoms with Crippen LogP contribution in [0.3, 0.4) is 0 Å². The first-order valence-electron chi connectivity index (χ1n) is 17.8. The van der Waals surface area contributed by atoms with Gasteiger partial charge in [-0.1, -0.05) is 110 Å². The summed E-state index contributed by atoms with van der Waals surface area (Å²) in [5, 5.41) is 0. The number of ketones is 2. The Labute approximate surface area is 324 Å².